The van der Waals surface area contributed by atoms with Crippen LogP contribution in [0.3, 0.4) is 0 Å². The number of carbonyl (C=O) groups is 2. The standard InChI is InChI=1S/C10H9F2NO4/c11-6-2-1-5(3-7(6)12)9(10(16)17)13-4-8(14)15/h1-3,9,13H,4H2,(H,14,15)(H,16,17). The van der Waals surface area contributed by atoms with Gasteiger partial charge in [-0.05, 0) is 17.7 Å². The van der Waals surface area contributed by atoms with Crippen molar-refractivity contribution in [2.45, 2.75) is 6.04 Å². The summed E-state index contributed by atoms with van der Waals surface area (Å²) in [5, 5.41) is 19.4. The third-order valence-corrected chi connectivity index (χ3v) is 1.98. The van der Waals surface area contributed by atoms with Crippen molar-refractivity contribution in [1.29, 1.82) is 0 Å². The average molecular weight is 245 g/mol. The Bertz CT molecular complexity index is 450. The largest absolute Gasteiger partial charge is 0.480 e. The van der Waals surface area contributed by atoms with E-state index in [0.717, 1.165) is 12.1 Å². The molecule has 0 aliphatic carbocycles. The Morgan fingerprint density at radius 3 is 2.35 bits per heavy atom. The van der Waals surface area contributed by atoms with E-state index < -0.39 is 36.2 Å². The second-order valence-electron chi connectivity index (χ2n) is 3.22. The van der Waals surface area contributed by atoms with Gasteiger partial charge in [-0.1, -0.05) is 6.07 Å². The van der Waals surface area contributed by atoms with Crippen LogP contribution in [0.25, 0.3) is 0 Å². The van der Waals surface area contributed by atoms with Crippen LogP contribution in [0, 0.1) is 11.6 Å². The normalized spacial score (nSPS) is 12.1. The van der Waals surface area contributed by atoms with Crippen molar-refractivity contribution < 1.29 is 28.6 Å². The molecule has 0 saturated heterocycles. The highest BCUT2D eigenvalue weighted by Crippen LogP contribution is 2.16. The van der Waals surface area contributed by atoms with E-state index in [4.69, 9.17) is 10.2 Å². The van der Waals surface area contributed by atoms with Gasteiger partial charge in [-0.25, -0.2) is 8.78 Å². The number of aliphatic carboxylic acids is 2. The maximum absolute atomic E-state index is 12.9. The number of hydrogen-bond acceptors (Lipinski definition) is 3. The Hall–Kier alpha value is -2.02. The summed E-state index contributed by atoms with van der Waals surface area (Å²) in [5.74, 6) is -4.92. The van der Waals surface area contributed by atoms with E-state index in [0.29, 0.717) is 6.07 Å². The molecule has 1 aromatic carbocycles. The molecular formula is C10H9F2NO4. The highest BCUT2D eigenvalue weighted by molar-refractivity contribution is 5.77. The lowest BCUT2D eigenvalue weighted by atomic mass is 10.1. The predicted molar refractivity (Wildman–Crippen MR) is 52.4 cm³/mol. The summed E-state index contributed by atoms with van der Waals surface area (Å²) in [5.41, 5.74) is -0.0577. The van der Waals surface area contributed by atoms with Crippen LogP contribution in [0.1, 0.15) is 11.6 Å². The molecule has 3 N–H and O–H groups in total. The molecule has 5 nitrogen and oxygen atoms in total. The highest BCUT2D eigenvalue weighted by Gasteiger charge is 2.21. The fourth-order valence-electron chi connectivity index (χ4n) is 1.23. The van der Waals surface area contributed by atoms with Crippen LogP contribution in [0.5, 0.6) is 0 Å². The number of benzene rings is 1. The molecule has 0 bridgehead atoms. The lowest BCUT2D eigenvalue weighted by molar-refractivity contribution is -0.140. The topological polar surface area (TPSA) is 86.6 Å². The van der Waals surface area contributed by atoms with E-state index in [1.807, 2.05) is 0 Å². The second-order valence-corrected chi connectivity index (χ2v) is 3.22. The summed E-state index contributed by atoms with van der Waals surface area (Å²) in [6.45, 7) is -0.601. The van der Waals surface area contributed by atoms with Gasteiger partial charge < -0.3 is 10.2 Å². The number of rotatable bonds is 5. The lowest BCUT2D eigenvalue weighted by Crippen LogP contribution is -2.32. The molecule has 92 valence electrons. The SMILES string of the molecule is O=C(O)CNC(C(=O)O)c1ccc(F)c(F)c1. The summed E-state index contributed by atoms with van der Waals surface area (Å²) < 4.78 is 25.5. The Morgan fingerprint density at radius 1 is 1.24 bits per heavy atom. The first-order valence-electron chi connectivity index (χ1n) is 4.54. The van der Waals surface area contributed by atoms with Crippen molar-refractivity contribution in [3.05, 3.63) is 35.4 Å². The number of carboxylic acids is 2. The van der Waals surface area contributed by atoms with Crippen molar-refractivity contribution in [2.24, 2.45) is 0 Å². The number of hydrogen-bond donors (Lipinski definition) is 3. The zero-order valence-electron chi connectivity index (χ0n) is 8.48. The van der Waals surface area contributed by atoms with Gasteiger partial charge in [-0.15, -0.1) is 0 Å². The van der Waals surface area contributed by atoms with Crippen LogP contribution in [-0.4, -0.2) is 28.7 Å². The van der Waals surface area contributed by atoms with Crippen molar-refractivity contribution in [3.8, 4) is 0 Å². The van der Waals surface area contributed by atoms with E-state index in [-0.39, 0.29) is 5.56 Å². The molecule has 0 saturated carbocycles. The third kappa shape index (κ3) is 3.49. The van der Waals surface area contributed by atoms with Gasteiger partial charge in [0.25, 0.3) is 0 Å². The zero-order valence-corrected chi connectivity index (χ0v) is 8.48. The summed E-state index contributed by atoms with van der Waals surface area (Å²) in [6, 6.07) is 1.17. The first-order valence-corrected chi connectivity index (χ1v) is 4.54. The molecule has 1 atom stereocenters. The Balaban J connectivity index is 2.93. The number of carboxylic acid groups (broad SMARTS) is 2. The van der Waals surface area contributed by atoms with Crippen LogP contribution in [-0.2, 0) is 9.59 Å². The van der Waals surface area contributed by atoms with Gasteiger partial charge in [0.15, 0.2) is 11.6 Å². The zero-order chi connectivity index (χ0) is 13.0. The number of nitrogens with one attached hydrogen (secondary N) is 1. The van der Waals surface area contributed by atoms with E-state index >= 15 is 0 Å². The van der Waals surface area contributed by atoms with Crippen LogP contribution >= 0.6 is 0 Å². The van der Waals surface area contributed by atoms with E-state index in [1.165, 1.54) is 0 Å². The maximum atomic E-state index is 12.9. The lowest BCUT2D eigenvalue weighted by Gasteiger charge is -2.13. The molecule has 1 rings (SSSR count). The van der Waals surface area contributed by atoms with Crippen molar-refractivity contribution in [1.82, 2.24) is 5.32 Å². The molecule has 0 aromatic heterocycles. The van der Waals surface area contributed by atoms with Crippen LogP contribution in [0.15, 0.2) is 18.2 Å². The first kappa shape index (κ1) is 13.0. The van der Waals surface area contributed by atoms with Crippen LogP contribution in [0.2, 0.25) is 0 Å². The Labute approximate surface area is 94.7 Å². The van der Waals surface area contributed by atoms with Gasteiger partial charge in [0.05, 0.1) is 6.54 Å². The van der Waals surface area contributed by atoms with Crippen LogP contribution < -0.4 is 5.32 Å². The minimum atomic E-state index is -1.40. The summed E-state index contributed by atoms with van der Waals surface area (Å²) in [4.78, 5) is 21.1. The molecule has 7 heteroatoms. The summed E-state index contributed by atoms with van der Waals surface area (Å²) in [6.07, 6.45) is 0. The molecule has 0 aliphatic heterocycles. The second kappa shape index (κ2) is 5.35. The van der Waals surface area contributed by atoms with Gasteiger partial charge in [0.1, 0.15) is 6.04 Å². The van der Waals surface area contributed by atoms with Gasteiger partial charge >= 0.3 is 11.9 Å². The fourth-order valence-corrected chi connectivity index (χ4v) is 1.23. The van der Waals surface area contributed by atoms with Crippen LogP contribution in [0.4, 0.5) is 8.78 Å². The third-order valence-electron chi connectivity index (χ3n) is 1.98. The van der Waals surface area contributed by atoms with Crippen molar-refractivity contribution in [3.63, 3.8) is 0 Å². The average Bonchev–Trinajstić information content (AvgIpc) is 2.22. The van der Waals surface area contributed by atoms with Gasteiger partial charge in [0, 0.05) is 0 Å². The van der Waals surface area contributed by atoms with Gasteiger partial charge in [0.2, 0.25) is 0 Å². The summed E-state index contributed by atoms with van der Waals surface area (Å²) >= 11 is 0. The molecule has 1 aromatic rings. The smallest absolute Gasteiger partial charge is 0.325 e. The fraction of sp³-hybridized carbons (Fsp3) is 0.200. The molecule has 0 aliphatic rings. The van der Waals surface area contributed by atoms with E-state index in [2.05, 4.69) is 5.32 Å². The molecule has 0 fully saturated rings. The Kier molecular flexibility index (Phi) is 4.11. The molecule has 0 radical (unpaired) electrons. The van der Waals surface area contributed by atoms with Gasteiger partial charge in [-0.2, -0.15) is 0 Å². The number of halogens is 2. The minimum absolute atomic E-state index is 0.0577. The molecule has 0 amide bonds. The predicted octanol–water partition coefficient (Wildman–Crippen LogP) is 0.765. The quantitative estimate of drug-likeness (QED) is 0.713. The van der Waals surface area contributed by atoms with E-state index in [9.17, 15) is 18.4 Å². The first-order chi connectivity index (χ1) is 7.91. The maximum Gasteiger partial charge on any atom is 0.325 e. The molecule has 17 heavy (non-hydrogen) atoms. The molecular weight excluding hydrogens is 236 g/mol. The van der Waals surface area contributed by atoms with Crippen molar-refractivity contribution >= 4 is 11.9 Å². The molecule has 0 heterocycles. The van der Waals surface area contributed by atoms with Gasteiger partial charge in [-0.3, -0.25) is 14.9 Å². The molecule has 1 unspecified atom stereocenters. The van der Waals surface area contributed by atoms with Crippen molar-refractivity contribution in [2.75, 3.05) is 6.54 Å². The van der Waals surface area contributed by atoms with E-state index in [1.54, 1.807) is 0 Å². The summed E-state index contributed by atoms with van der Waals surface area (Å²) in [7, 11) is 0. The monoisotopic (exact) mass is 245 g/mol. The highest BCUT2D eigenvalue weighted by atomic mass is 19.2. The molecule has 0 spiro atoms. The minimum Gasteiger partial charge on any atom is -0.480 e. The Morgan fingerprint density at radius 2 is 1.88 bits per heavy atom.